The van der Waals surface area contributed by atoms with Crippen LogP contribution in [-0.4, -0.2) is 42.7 Å². The highest BCUT2D eigenvalue weighted by Crippen LogP contribution is 2.15. The number of hydrogen-bond donors (Lipinski definition) is 1. The maximum Gasteiger partial charge on any atom is 0.230 e. The highest BCUT2D eigenvalue weighted by Gasteiger charge is 2.03. The van der Waals surface area contributed by atoms with Crippen LogP contribution in [0.3, 0.4) is 0 Å². The van der Waals surface area contributed by atoms with Crippen molar-refractivity contribution in [1.82, 2.24) is 10.2 Å². The van der Waals surface area contributed by atoms with Gasteiger partial charge in [-0.3, -0.25) is 4.79 Å². The number of thioether (sulfide) groups is 1. The van der Waals surface area contributed by atoms with Crippen LogP contribution in [-0.2, 0) is 4.79 Å². The fraction of sp³-hybridized carbons (Fsp3) is 0.500. The van der Waals surface area contributed by atoms with Gasteiger partial charge in [0, 0.05) is 18.0 Å². The van der Waals surface area contributed by atoms with E-state index < -0.39 is 0 Å². The zero-order valence-corrected chi connectivity index (χ0v) is 13.2. The molecule has 0 aromatic heterocycles. The molecule has 0 radical (unpaired) electrons. The maximum absolute atomic E-state index is 11.6. The largest absolute Gasteiger partial charge is 0.354 e. The van der Waals surface area contributed by atoms with E-state index in [2.05, 4.69) is 24.1 Å². The molecule has 1 rings (SSSR count). The second-order valence-corrected chi connectivity index (χ2v) is 5.03. The zero-order chi connectivity index (χ0) is 13.2. The van der Waals surface area contributed by atoms with Crippen molar-refractivity contribution in [2.75, 3.05) is 31.9 Å². The van der Waals surface area contributed by atoms with Crippen LogP contribution in [0.1, 0.15) is 13.8 Å². The molecule has 3 nitrogen and oxygen atoms in total. The Labute approximate surface area is 126 Å². The van der Waals surface area contributed by atoms with Gasteiger partial charge in [0.05, 0.1) is 5.75 Å². The molecular weight excluding hydrogens is 280 g/mol. The Morgan fingerprint density at radius 1 is 1.21 bits per heavy atom. The van der Waals surface area contributed by atoms with Crippen molar-refractivity contribution in [3.63, 3.8) is 0 Å². The van der Waals surface area contributed by atoms with Crippen molar-refractivity contribution >= 4 is 30.1 Å². The van der Waals surface area contributed by atoms with Gasteiger partial charge in [-0.15, -0.1) is 24.2 Å². The lowest BCUT2D eigenvalue weighted by atomic mass is 10.4. The molecule has 0 aliphatic heterocycles. The lowest BCUT2D eigenvalue weighted by Gasteiger charge is -2.17. The van der Waals surface area contributed by atoms with E-state index in [1.54, 1.807) is 11.8 Å². The molecule has 0 heterocycles. The average Bonchev–Trinajstić information content (AvgIpc) is 2.42. The van der Waals surface area contributed by atoms with Crippen LogP contribution in [0.4, 0.5) is 0 Å². The Morgan fingerprint density at radius 3 is 2.42 bits per heavy atom. The van der Waals surface area contributed by atoms with Crippen LogP contribution in [0.5, 0.6) is 0 Å². The first kappa shape index (κ1) is 18.3. The smallest absolute Gasteiger partial charge is 0.230 e. The minimum atomic E-state index is 0. The van der Waals surface area contributed by atoms with Gasteiger partial charge in [-0.2, -0.15) is 0 Å². The van der Waals surface area contributed by atoms with E-state index in [9.17, 15) is 4.79 Å². The molecule has 19 heavy (non-hydrogen) atoms. The average molecular weight is 303 g/mol. The third kappa shape index (κ3) is 8.14. The first-order valence-electron chi connectivity index (χ1n) is 6.43. The highest BCUT2D eigenvalue weighted by molar-refractivity contribution is 8.00. The molecule has 0 aliphatic carbocycles. The molecule has 0 saturated heterocycles. The van der Waals surface area contributed by atoms with Gasteiger partial charge in [-0.1, -0.05) is 32.0 Å². The van der Waals surface area contributed by atoms with E-state index >= 15 is 0 Å². The van der Waals surface area contributed by atoms with Gasteiger partial charge in [-0.05, 0) is 25.2 Å². The Bertz CT molecular complexity index is 345. The van der Waals surface area contributed by atoms with Gasteiger partial charge in [-0.25, -0.2) is 0 Å². The van der Waals surface area contributed by atoms with Crippen LogP contribution in [0.2, 0.25) is 0 Å². The summed E-state index contributed by atoms with van der Waals surface area (Å²) in [5, 5.41) is 2.95. The molecule has 1 amide bonds. The van der Waals surface area contributed by atoms with E-state index in [1.165, 1.54) is 0 Å². The lowest BCUT2D eigenvalue weighted by Crippen LogP contribution is -2.35. The minimum absolute atomic E-state index is 0. The predicted octanol–water partition coefficient (Wildman–Crippen LogP) is 2.66. The van der Waals surface area contributed by atoms with E-state index in [0.29, 0.717) is 5.75 Å². The van der Waals surface area contributed by atoms with E-state index in [-0.39, 0.29) is 18.3 Å². The van der Waals surface area contributed by atoms with Crippen LogP contribution >= 0.6 is 24.2 Å². The number of likely N-dealkylation sites (N-methyl/N-ethyl adjacent to an activating group) is 1. The summed E-state index contributed by atoms with van der Waals surface area (Å²) in [4.78, 5) is 15.1. The standard InChI is InChI=1S/C14H22N2OS.ClH/c1-3-16(4-2)11-10-15-14(17)12-18-13-8-6-5-7-9-13;/h5-9H,3-4,10-12H2,1-2H3,(H,15,17);1H. The van der Waals surface area contributed by atoms with Gasteiger partial charge in [0.25, 0.3) is 0 Å². The number of amides is 1. The normalized spacial score (nSPS) is 10.1. The van der Waals surface area contributed by atoms with Crippen molar-refractivity contribution in [3.8, 4) is 0 Å². The molecule has 0 aliphatic rings. The molecule has 108 valence electrons. The van der Waals surface area contributed by atoms with Crippen LogP contribution < -0.4 is 5.32 Å². The van der Waals surface area contributed by atoms with Gasteiger partial charge in [0.2, 0.25) is 5.91 Å². The monoisotopic (exact) mass is 302 g/mol. The van der Waals surface area contributed by atoms with Crippen LogP contribution in [0.15, 0.2) is 35.2 Å². The van der Waals surface area contributed by atoms with Crippen molar-refractivity contribution in [2.24, 2.45) is 0 Å². The second kappa shape index (κ2) is 11.1. The Hall–Kier alpha value is -0.710. The molecule has 5 heteroatoms. The van der Waals surface area contributed by atoms with Crippen molar-refractivity contribution in [3.05, 3.63) is 30.3 Å². The van der Waals surface area contributed by atoms with Gasteiger partial charge >= 0.3 is 0 Å². The van der Waals surface area contributed by atoms with Gasteiger partial charge < -0.3 is 10.2 Å². The summed E-state index contributed by atoms with van der Waals surface area (Å²) in [5.41, 5.74) is 0. The summed E-state index contributed by atoms with van der Waals surface area (Å²) < 4.78 is 0. The van der Waals surface area contributed by atoms with Crippen molar-refractivity contribution in [1.29, 1.82) is 0 Å². The molecule has 0 fully saturated rings. The first-order valence-corrected chi connectivity index (χ1v) is 7.41. The van der Waals surface area contributed by atoms with Crippen molar-refractivity contribution < 1.29 is 4.79 Å². The van der Waals surface area contributed by atoms with Crippen LogP contribution in [0.25, 0.3) is 0 Å². The Morgan fingerprint density at radius 2 is 1.84 bits per heavy atom. The summed E-state index contributed by atoms with van der Waals surface area (Å²) in [6, 6.07) is 10.00. The number of hydrogen-bond acceptors (Lipinski definition) is 3. The molecule has 1 aromatic rings. The molecule has 0 atom stereocenters. The molecule has 0 unspecified atom stereocenters. The van der Waals surface area contributed by atoms with Crippen molar-refractivity contribution in [2.45, 2.75) is 18.7 Å². The molecular formula is C14H23ClN2OS. The van der Waals surface area contributed by atoms with E-state index in [4.69, 9.17) is 0 Å². The predicted molar refractivity (Wildman–Crippen MR) is 85.2 cm³/mol. The number of nitrogens with zero attached hydrogens (tertiary/aromatic N) is 1. The molecule has 0 bridgehead atoms. The number of halogens is 1. The van der Waals surface area contributed by atoms with Gasteiger partial charge in [0.1, 0.15) is 0 Å². The Balaban J connectivity index is 0.00000324. The number of nitrogens with one attached hydrogen (secondary N) is 1. The quantitative estimate of drug-likeness (QED) is 0.749. The SMILES string of the molecule is CCN(CC)CCNC(=O)CSc1ccccc1.Cl. The molecule has 1 N–H and O–H groups in total. The van der Waals surface area contributed by atoms with Crippen LogP contribution in [0, 0.1) is 0 Å². The third-order valence-electron chi connectivity index (χ3n) is 2.76. The molecule has 0 saturated carbocycles. The zero-order valence-electron chi connectivity index (χ0n) is 11.6. The number of carbonyl (C=O) groups excluding carboxylic acids is 1. The second-order valence-electron chi connectivity index (χ2n) is 3.98. The summed E-state index contributed by atoms with van der Waals surface area (Å²) >= 11 is 1.57. The molecule has 1 aromatic carbocycles. The summed E-state index contributed by atoms with van der Waals surface area (Å²) in [5.74, 6) is 0.596. The first-order chi connectivity index (χ1) is 8.76. The Kier molecular flexibility index (Phi) is 10.7. The summed E-state index contributed by atoms with van der Waals surface area (Å²) in [6.45, 7) is 7.99. The fourth-order valence-electron chi connectivity index (χ4n) is 1.61. The van der Waals surface area contributed by atoms with E-state index in [0.717, 1.165) is 31.1 Å². The minimum Gasteiger partial charge on any atom is -0.354 e. The number of benzene rings is 1. The topological polar surface area (TPSA) is 32.3 Å². The maximum atomic E-state index is 11.6. The van der Waals surface area contributed by atoms with Gasteiger partial charge in [0.15, 0.2) is 0 Å². The summed E-state index contributed by atoms with van der Waals surface area (Å²) in [7, 11) is 0. The fourth-order valence-corrected chi connectivity index (χ4v) is 2.36. The highest BCUT2D eigenvalue weighted by atomic mass is 35.5. The van der Waals surface area contributed by atoms with E-state index in [1.807, 2.05) is 30.3 Å². The molecule has 0 spiro atoms. The number of rotatable bonds is 8. The summed E-state index contributed by atoms with van der Waals surface area (Å²) in [6.07, 6.45) is 0. The lowest BCUT2D eigenvalue weighted by molar-refractivity contribution is -0.118. The number of carbonyl (C=O) groups is 1. The third-order valence-corrected chi connectivity index (χ3v) is 3.77.